The van der Waals surface area contributed by atoms with E-state index < -0.39 is 12.0 Å². The van der Waals surface area contributed by atoms with E-state index >= 15 is 0 Å². The molecule has 1 aromatic rings. The summed E-state index contributed by atoms with van der Waals surface area (Å²) in [6, 6.07) is -0.627. The highest BCUT2D eigenvalue weighted by molar-refractivity contribution is 7.09. The predicted octanol–water partition coefficient (Wildman–Crippen LogP) is 1.56. The lowest BCUT2D eigenvalue weighted by atomic mass is 10.2. The molecular formula is C10H16N4O3S. The van der Waals surface area contributed by atoms with Crippen LogP contribution >= 0.6 is 11.5 Å². The molecule has 0 bridgehead atoms. The number of urea groups is 1. The largest absolute Gasteiger partial charge is 0.480 e. The molecule has 0 fully saturated rings. The second kappa shape index (κ2) is 6.29. The summed E-state index contributed by atoms with van der Waals surface area (Å²) in [6.45, 7) is 5.07. The third-order valence-electron chi connectivity index (χ3n) is 2.43. The molecule has 100 valence electrons. The minimum absolute atomic E-state index is 0.157. The Hall–Kier alpha value is -1.70. The lowest BCUT2D eigenvalue weighted by Crippen LogP contribution is -2.44. The van der Waals surface area contributed by atoms with Gasteiger partial charge in [-0.2, -0.15) is 4.37 Å². The minimum Gasteiger partial charge on any atom is -0.480 e. The normalized spacial score (nSPS) is 11.9. The molecule has 7 nitrogen and oxygen atoms in total. The Bertz CT molecular complexity index is 435. The summed E-state index contributed by atoms with van der Waals surface area (Å²) in [5.74, 6) is -0.470. The van der Waals surface area contributed by atoms with Gasteiger partial charge in [0, 0.05) is 17.6 Å². The molecule has 0 aliphatic carbocycles. The van der Waals surface area contributed by atoms with E-state index in [0.717, 1.165) is 11.5 Å². The molecule has 1 aromatic heterocycles. The maximum absolute atomic E-state index is 11.9. The van der Waals surface area contributed by atoms with Crippen LogP contribution in [0.25, 0.3) is 0 Å². The predicted molar refractivity (Wildman–Crippen MR) is 67.8 cm³/mol. The van der Waals surface area contributed by atoms with Gasteiger partial charge in [-0.3, -0.25) is 10.1 Å². The van der Waals surface area contributed by atoms with E-state index in [0.29, 0.717) is 17.4 Å². The van der Waals surface area contributed by atoms with Crippen LogP contribution in [0.5, 0.6) is 0 Å². The Balaban J connectivity index is 2.72. The van der Waals surface area contributed by atoms with E-state index in [1.165, 1.54) is 4.90 Å². The molecule has 1 atom stereocenters. The molecule has 0 aliphatic heterocycles. The standard InChI is InChI=1S/C10H16N4O3S/c1-4-6(2)14(5-8(15)16)10(17)12-9-11-7(3)13-18-9/h6H,4-5H2,1-3H3,(H,15,16)(H,11,12,13,17). The first kappa shape index (κ1) is 14.4. The Morgan fingerprint density at radius 3 is 2.67 bits per heavy atom. The highest BCUT2D eigenvalue weighted by Gasteiger charge is 2.22. The molecule has 0 saturated carbocycles. The summed E-state index contributed by atoms with van der Waals surface area (Å²) in [6.07, 6.45) is 0.676. The first-order valence-electron chi connectivity index (χ1n) is 5.53. The van der Waals surface area contributed by atoms with Crippen LogP contribution in [0.1, 0.15) is 26.1 Å². The van der Waals surface area contributed by atoms with E-state index in [1.54, 1.807) is 13.8 Å². The molecule has 1 rings (SSSR count). The van der Waals surface area contributed by atoms with Crippen LogP contribution in [0, 0.1) is 6.92 Å². The van der Waals surface area contributed by atoms with Crippen LogP contribution in [-0.4, -0.2) is 44.0 Å². The van der Waals surface area contributed by atoms with Crippen LogP contribution in [0.4, 0.5) is 9.93 Å². The summed E-state index contributed by atoms with van der Waals surface area (Å²) >= 11 is 1.07. The average Bonchev–Trinajstić information content (AvgIpc) is 2.70. The fourth-order valence-electron chi connectivity index (χ4n) is 1.31. The second-order valence-electron chi connectivity index (χ2n) is 3.86. The Morgan fingerprint density at radius 1 is 1.56 bits per heavy atom. The average molecular weight is 272 g/mol. The van der Waals surface area contributed by atoms with Crippen LogP contribution in [0.2, 0.25) is 0 Å². The SMILES string of the molecule is CCC(C)N(CC(=O)O)C(=O)Nc1nc(C)ns1. The van der Waals surface area contributed by atoms with Gasteiger partial charge < -0.3 is 10.0 Å². The number of hydrogen-bond donors (Lipinski definition) is 2. The zero-order chi connectivity index (χ0) is 13.7. The number of rotatable bonds is 5. The number of carboxylic acid groups (broad SMARTS) is 1. The third-order valence-corrected chi connectivity index (χ3v) is 3.15. The van der Waals surface area contributed by atoms with Gasteiger partial charge >= 0.3 is 12.0 Å². The maximum Gasteiger partial charge on any atom is 0.324 e. The van der Waals surface area contributed by atoms with Gasteiger partial charge in [0.2, 0.25) is 5.13 Å². The highest BCUT2D eigenvalue weighted by atomic mass is 32.1. The topological polar surface area (TPSA) is 95.4 Å². The number of aromatic nitrogens is 2. The van der Waals surface area contributed by atoms with E-state index in [2.05, 4.69) is 14.7 Å². The third kappa shape index (κ3) is 3.95. The van der Waals surface area contributed by atoms with E-state index in [-0.39, 0.29) is 12.6 Å². The van der Waals surface area contributed by atoms with Crippen LogP contribution in [-0.2, 0) is 4.79 Å². The quantitative estimate of drug-likeness (QED) is 0.848. The van der Waals surface area contributed by atoms with Crippen LogP contribution in [0.3, 0.4) is 0 Å². The molecule has 2 N–H and O–H groups in total. The molecule has 2 amide bonds. The zero-order valence-electron chi connectivity index (χ0n) is 10.5. The summed E-state index contributed by atoms with van der Waals surface area (Å²) in [4.78, 5) is 28.0. The summed E-state index contributed by atoms with van der Waals surface area (Å²) in [5.41, 5.74) is 0. The number of amides is 2. The first-order chi connectivity index (χ1) is 8.43. The Morgan fingerprint density at radius 2 is 2.22 bits per heavy atom. The highest BCUT2D eigenvalue weighted by Crippen LogP contribution is 2.12. The molecular weight excluding hydrogens is 256 g/mol. The Labute approximate surface area is 109 Å². The lowest BCUT2D eigenvalue weighted by Gasteiger charge is -2.26. The fraction of sp³-hybridized carbons (Fsp3) is 0.600. The molecule has 0 aromatic carbocycles. The number of anilines is 1. The van der Waals surface area contributed by atoms with E-state index in [1.807, 2.05) is 6.92 Å². The van der Waals surface area contributed by atoms with Crippen molar-refractivity contribution >= 4 is 28.7 Å². The molecule has 0 radical (unpaired) electrons. The van der Waals surface area contributed by atoms with Gasteiger partial charge in [-0.15, -0.1) is 0 Å². The van der Waals surface area contributed by atoms with Gasteiger partial charge in [0.05, 0.1) is 0 Å². The number of aliphatic carboxylic acids is 1. The maximum atomic E-state index is 11.9. The van der Waals surface area contributed by atoms with Crippen molar-refractivity contribution in [3.8, 4) is 0 Å². The molecule has 18 heavy (non-hydrogen) atoms. The van der Waals surface area contributed by atoms with Crippen molar-refractivity contribution in [1.82, 2.24) is 14.3 Å². The fourth-order valence-corrected chi connectivity index (χ4v) is 1.87. The summed E-state index contributed by atoms with van der Waals surface area (Å²) in [7, 11) is 0. The molecule has 0 saturated heterocycles. The van der Waals surface area contributed by atoms with Crippen LogP contribution in [0.15, 0.2) is 0 Å². The van der Waals surface area contributed by atoms with Gasteiger partial charge in [-0.25, -0.2) is 9.78 Å². The van der Waals surface area contributed by atoms with Crippen molar-refractivity contribution in [3.63, 3.8) is 0 Å². The van der Waals surface area contributed by atoms with Crippen molar-refractivity contribution in [1.29, 1.82) is 0 Å². The van der Waals surface area contributed by atoms with Crippen molar-refractivity contribution in [2.75, 3.05) is 11.9 Å². The first-order valence-corrected chi connectivity index (χ1v) is 6.31. The van der Waals surface area contributed by atoms with Gasteiger partial charge in [-0.1, -0.05) is 6.92 Å². The number of aryl methyl sites for hydroxylation is 1. The van der Waals surface area contributed by atoms with Crippen molar-refractivity contribution in [3.05, 3.63) is 5.82 Å². The van der Waals surface area contributed by atoms with E-state index in [4.69, 9.17) is 5.11 Å². The monoisotopic (exact) mass is 272 g/mol. The molecule has 0 aliphatic rings. The van der Waals surface area contributed by atoms with Gasteiger partial charge in [0.15, 0.2) is 0 Å². The number of hydrogen-bond acceptors (Lipinski definition) is 5. The van der Waals surface area contributed by atoms with Crippen LogP contribution < -0.4 is 5.32 Å². The van der Waals surface area contributed by atoms with Gasteiger partial charge in [-0.05, 0) is 20.3 Å². The summed E-state index contributed by atoms with van der Waals surface area (Å²) < 4.78 is 3.94. The Kier molecular flexibility index (Phi) is 5.02. The van der Waals surface area contributed by atoms with Gasteiger partial charge in [0.25, 0.3) is 0 Å². The molecule has 0 spiro atoms. The van der Waals surface area contributed by atoms with Crippen molar-refractivity contribution in [2.24, 2.45) is 0 Å². The number of carboxylic acids is 1. The van der Waals surface area contributed by atoms with Gasteiger partial charge in [0.1, 0.15) is 12.4 Å². The smallest absolute Gasteiger partial charge is 0.324 e. The second-order valence-corrected chi connectivity index (χ2v) is 4.61. The summed E-state index contributed by atoms with van der Waals surface area (Å²) in [5, 5.41) is 11.7. The number of carbonyl (C=O) groups is 2. The minimum atomic E-state index is -1.04. The van der Waals surface area contributed by atoms with Crippen molar-refractivity contribution < 1.29 is 14.7 Å². The number of nitrogens with one attached hydrogen (secondary N) is 1. The molecule has 1 unspecified atom stereocenters. The molecule has 1 heterocycles. The lowest BCUT2D eigenvalue weighted by molar-refractivity contribution is -0.138. The number of carbonyl (C=O) groups excluding carboxylic acids is 1. The zero-order valence-corrected chi connectivity index (χ0v) is 11.3. The van der Waals surface area contributed by atoms with E-state index in [9.17, 15) is 9.59 Å². The molecule has 8 heteroatoms. The number of nitrogens with zero attached hydrogens (tertiary/aromatic N) is 3. The van der Waals surface area contributed by atoms with Crippen molar-refractivity contribution in [2.45, 2.75) is 33.2 Å².